The quantitative estimate of drug-likeness (QED) is 0.752. The normalized spacial score (nSPS) is 16.2. The zero-order valence-corrected chi connectivity index (χ0v) is 16.3. The van der Waals surface area contributed by atoms with E-state index in [1.54, 1.807) is 0 Å². The van der Waals surface area contributed by atoms with E-state index in [4.69, 9.17) is 0 Å². The highest BCUT2D eigenvalue weighted by atomic mass is 19.4. The van der Waals surface area contributed by atoms with Crippen LogP contribution in [0.15, 0.2) is 54.6 Å². The Morgan fingerprint density at radius 1 is 1.00 bits per heavy atom. The molecule has 1 fully saturated rings. The second kappa shape index (κ2) is 8.77. The molecule has 3 rings (SSSR count). The van der Waals surface area contributed by atoms with Crippen LogP contribution in [0.3, 0.4) is 0 Å². The third kappa shape index (κ3) is 5.11. The van der Waals surface area contributed by atoms with Crippen molar-refractivity contribution < 1.29 is 27.9 Å². The van der Waals surface area contributed by atoms with E-state index in [-0.39, 0.29) is 18.9 Å². The number of rotatable bonds is 5. The molecule has 8 heteroatoms. The number of alkyl halides is 3. The number of piperidine rings is 1. The summed E-state index contributed by atoms with van der Waals surface area (Å²) >= 11 is 0. The minimum Gasteiger partial charge on any atom is -0.465 e. The van der Waals surface area contributed by atoms with E-state index in [0.717, 1.165) is 17.7 Å². The number of likely N-dealkylation sites (tertiary alicyclic amines) is 1. The predicted molar refractivity (Wildman–Crippen MR) is 105 cm³/mol. The predicted octanol–water partition coefficient (Wildman–Crippen LogP) is 4.42. The van der Waals surface area contributed by atoms with Crippen LogP contribution in [0.1, 0.15) is 36.0 Å². The molecule has 160 valence electrons. The molecule has 2 amide bonds. The van der Waals surface area contributed by atoms with Gasteiger partial charge in [-0.25, -0.2) is 4.79 Å². The monoisotopic (exact) mass is 420 g/mol. The number of nitrogens with zero attached hydrogens (tertiary/aromatic N) is 1. The van der Waals surface area contributed by atoms with Crippen molar-refractivity contribution >= 4 is 12.0 Å². The first-order chi connectivity index (χ1) is 14.2. The van der Waals surface area contributed by atoms with Crippen molar-refractivity contribution in [2.45, 2.75) is 37.4 Å². The van der Waals surface area contributed by atoms with Crippen molar-refractivity contribution in [3.05, 3.63) is 71.3 Å². The molecule has 0 radical (unpaired) electrons. The van der Waals surface area contributed by atoms with E-state index in [1.807, 2.05) is 30.3 Å². The number of hydrogen-bond donors (Lipinski definition) is 2. The number of nitrogens with one attached hydrogen (secondary N) is 1. The molecule has 1 aliphatic heterocycles. The minimum atomic E-state index is -4.39. The molecule has 0 bridgehead atoms. The smallest absolute Gasteiger partial charge is 0.416 e. The molecule has 0 aromatic heterocycles. The van der Waals surface area contributed by atoms with Crippen LogP contribution in [0.2, 0.25) is 0 Å². The van der Waals surface area contributed by atoms with Crippen LogP contribution in [-0.2, 0) is 22.9 Å². The Morgan fingerprint density at radius 2 is 1.60 bits per heavy atom. The lowest BCUT2D eigenvalue weighted by Crippen LogP contribution is -2.46. The molecule has 0 aliphatic carbocycles. The minimum absolute atomic E-state index is 0.128. The van der Waals surface area contributed by atoms with Gasteiger partial charge < -0.3 is 15.3 Å². The SMILES string of the molecule is O=C(CC1(c2ccccc2)CCN(C(=O)O)CC1)NCc1ccc(C(F)(F)F)cc1. The maximum absolute atomic E-state index is 12.7. The van der Waals surface area contributed by atoms with Gasteiger partial charge in [0.1, 0.15) is 0 Å². The average molecular weight is 420 g/mol. The number of benzene rings is 2. The van der Waals surface area contributed by atoms with Crippen LogP contribution >= 0.6 is 0 Å². The van der Waals surface area contributed by atoms with Crippen molar-refractivity contribution in [1.82, 2.24) is 10.2 Å². The summed E-state index contributed by atoms with van der Waals surface area (Å²) in [5.41, 5.74) is 0.355. The van der Waals surface area contributed by atoms with Crippen LogP contribution in [0.5, 0.6) is 0 Å². The number of hydrogen-bond acceptors (Lipinski definition) is 2. The van der Waals surface area contributed by atoms with Crippen LogP contribution in [0.4, 0.5) is 18.0 Å². The van der Waals surface area contributed by atoms with E-state index in [1.165, 1.54) is 17.0 Å². The molecule has 0 saturated carbocycles. The number of carbonyl (C=O) groups is 2. The van der Waals surface area contributed by atoms with E-state index in [0.29, 0.717) is 31.5 Å². The molecular formula is C22H23F3N2O3. The summed E-state index contributed by atoms with van der Waals surface area (Å²) in [6.45, 7) is 0.815. The van der Waals surface area contributed by atoms with Crippen molar-refractivity contribution in [2.24, 2.45) is 0 Å². The van der Waals surface area contributed by atoms with Gasteiger partial charge in [-0.1, -0.05) is 42.5 Å². The first-order valence-corrected chi connectivity index (χ1v) is 9.66. The van der Waals surface area contributed by atoms with Gasteiger partial charge in [-0.3, -0.25) is 4.79 Å². The fourth-order valence-corrected chi connectivity index (χ4v) is 3.87. The molecule has 1 aliphatic rings. The largest absolute Gasteiger partial charge is 0.465 e. The second-order valence-corrected chi connectivity index (χ2v) is 7.56. The van der Waals surface area contributed by atoms with Gasteiger partial charge in [0.2, 0.25) is 5.91 Å². The van der Waals surface area contributed by atoms with Gasteiger partial charge in [0, 0.05) is 31.5 Å². The maximum atomic E-state index is 12.7. The van der Waals surface area contributed by atoms with Crippen molar-refractivity contribution in [3.63, 3.8) is 0 Å². The fraction of sp³-hybridized carbons (Fsp3) is 0.364. The Morgan fingerprint density at radius 3 is 2.13 bits per heavy atom. The highest BCUT2D eigenvalue weighted by Crippen LogP contribution is 2.38. The lowest BCUT2D eigenvalue weighted by atomic mass is 9.70. The average Bonchev–Trinajstić information content (AvgIpc) is 2.73. The molecule has 2 aromatic rings. The topological polar surface area (TPSA) is 69.6 Å². The van der Waals surface area contributed by atoms with E-state index < -0.39 is 23.2 Å². The Bertz CT molecular complexity index is 875. The van der Waals surface area contributed by atoms with Gasteiger partial charge in [-0.15, -0.1) is 0 Å². The van der Waals surface area contributed by atoms with E-state index in [2.05, 4.69) is 5.32 Å². The highest BCUT2D eigenvalue weighted by molar-refractivity contribution is 5.78. The van der Waals surface area contributed by atoms with Gasteiger partial charge >= 0.3 is 12.3 Å². The number of halogens is 3. The standard InChI is InChI=1S/C22H23F3N2O3/c23-22(24,25)18-8-6-16(7-9-18)15-26-19(28)14-21(17-4-2-1-3-5-17)10-12-27(13-11-21)20(29)30/h1-9H,10-15H2,(H,26,28)(H,29,30). The first kappa shape index (κ1) is 21.7. The molecule has 30 heavy (non-hydrogen) atoms. The van der Waals surface area contributed by atoms with E-state index >= 15 is 0 Å². The summed E-state index contributed by atoms with van der Waals surface area (Å²) < 4.78 is 38.0. The summed E-state index contributed by atoms with van der Waals surface area (Å²) in [5.74, 6) is -0.220. The lowest BCUT2D eigenvalue weighted by Gasteiger charge is -2.41. The fourth-order valence-electron chi connectivity index (χ4n) is 3.87. The van der Waals surface area contributed by atoms with Gasteiger partial charge in [-0.2, -0.15) is 13.2 Å². The molecule has 1 heterocycles. The molecule has 2 aromatic carbocycles. The van der Waals surface area contributed by atoms with Crippen LogP contribution in [0.25, 0.3) is 0 Å². The highest BCUT2D eigenvalue weighted by Gasteiger charge is 2.39. The molecule has 0 unspecified atom stereocenters. The molecule has 1 saturated heterocycles. The molecular weight excluding hydrogens is 397 g/mol. The summed E-state index contributed by atoms with van der Waals surface area (Å²) in [4.78, 5) is 25.3. The summed E-state index contributed by atoms with van der Waals surface area (Å²) in [6, 6.07) is 14.2. The van der Waals surface area contributed by atoms with Crippen molar-refractivity contribution in [2.75, 3.05) is 13.1 Å². The molecule has 0 atom stereocenters. The summed E-state index contributed by atoms with van der Waals surface area (Å²) in [7, 11) is 0. The van der Waals surface area contributed by atoms with Gasteiger partial charge in [-0.05, 0) is 36.1 Å². The van der Waals surface area contributed by atoms with E-state index in [9.17, 15) is 27.9 Å². The van der Waals surface area contributed by atoms with Crippen molar-refractivity contribution in [1.29, 1.82) is 0 Å². The van der Waals surface area contributed by atoms with Gasteiger partial charge in [0.05, 0.1) is 5.56 Å². The third-order valence-electron chi connectivity index (χ3n) is 5.65. The zero-order chi connectivity index (χ0) is 21.8. The summed E-state index contributed by atoms with van der Waals surface area (Å²) in [5, 5.41) is 12.0. The maximum Gasteiger partial charge on any atom is 0.416 e. The summed E-state index contributed by atoms with van der Waals surface area (Å²) in [6.07, 6.45) is -4.13. The Labute approximate surface area is 172 Å². The Hall–Kier alpha value is -3.03. The number of carboxylic acid groups (broad SMARTS) is 1. The van der Waals surface area contributed by atoms with Crippen LogP contribution in [0, 0.1) is 0 Å². The second-order valence-electron chi connectivity index (χ2n) is 7.56. The van der Waals surface area contributed by atoms with Gasteiger partial charge in [0.15, 0.2) is 0 Å². The lowest BCUT2D eigenvalue weighted by molar-refractivity contribution is -0.137. The number of amides is 2. The molecule has 2 N–H and O–H groups in total. The zero-order valence-electron chi connectivity index (χ0n) is 16.3. The Kier molecular flexibility index (Phi) is 6.34. The Balaban J connectivity index is 1.66. The first-order valence-electron chi connectivity index (χ1n) is 9.66. The van der Waals surface area contributed by atoms with Crippen molar-refractivity contribution in [3.8, 4) is 0 Å². The molecule has 0 spiro atoms. The number of carbonyl (C=O) groups excluding carboxylic acids is 1. The third-order valence-corrected chi connectivity index (χ3v) is 5.65. The molecule has 5 nitrogen and oxygen atoms in total. The van der Waals surface area contributed by atoms with Crippen LogP contribution in [-0.4, -0.2) is 35.1 Å². The van der Waals surface area contributed by atoms with Crippen LogP contribution < -0.4 is 5.32 Å². The van der Waals surface area contributed by atoms with Gasteiger partial charge in [0.25, 0.3) is 0 Å².